The van der Waals surface area contributed by atoms with E-state index in [0.717, 1.165) is 5.69 Å². The summed E-state index contributed by atoms with van der Waals surface area (Å²) in [6.45, 7) is 0. The second-order valence-electron chi connectivity index (χ2n) is 2.55. The largest absolute Gasteiger partial charge is 0.319 e. The third-order valence-corrected chi connectivity index (χ3v) is 1.23. The zero-order chi connectivity index (χ0) is 8.97. The number of hydrogen-bond acceptors (Lipinski definition) is 4. The molecular weight excluding hydrogens is 152 g/mol. The number of pyridine rings is 1. The van der Waals surface area contributed by atoms with Crippen LogP contribution in [0.5, 0.6) is 0 Å². The van der Waals surface area contributed by atoms with Crippen molar-refractivity contribution in [2.24, 2.45) is 0 Å². The number of anilines is 1. The third kappa shape index (κ3) is 2.22. The van der Waals surface area contributed by atoms with Crippen molar-refractivity contribution >= 4 is 5.69 Å². The van der Waals surface area contributed by atoms with Crippen molar-refractivity contribution in [3.8, 4) is 6.07 Å². The monoisotopic (exact) mass is 162 g/mol. The number of nitrogens with zero attached hydrogens (tertiary/aromatic N) is 3. The molecule has 1 aromatic heterocycles. The van der Waals surface area contributed by atoms with Gasteiger partial charge in [-0.25, -0.2) is 9.99 Å². The Kier molecular flexibility index (Phi) is 2.62. The van der Waals surface area contributed by atoms with Crippen LogP contribution in [-0.4, -0.2) is 24.1 Å². The van der Waals surface area contributed by atoms with Crippen LogP contribution in [0.1, 0.15) is 5.69 Å². The highest BCUT2D eigenvalue weighted by atomic mass is 15.5. The van der Waals surface area contributed by atoms with Gasteiger partial charge in [0.15, 0.2) is 0 Å². The maximum Gasteiger partial charge on any atom is 0.142 e. The Labute approximate surface area is 71.4 Å². The van der Waals surface area contributed by atoms with E-state index in [1.54, 1.807) is 23.3 Å². The Bertz CT molecular complexity index is 300. The summed E-state index contributed by atoms with van der Waals surface area (Å²) in [5, 5.41) is 10.3. The zero-order valence-corrected chi connectivity index (χ0v) is 7.07. The summed E-state index contributed by atoms with van der Waals surface area (Å²) in [5.41, 5.74) is 4.31. The van der Waals surface area contributed by atoms with Gasteiger partial charge in [0, 0.05) is 20.3 Å². The van der Waals surface area contributed by atoms with Gasteiger partial charge in [0.1, 0.15) is 11.8 Å². The minimum absolute atomic E-state index is 0.418. The van der Waals surface area contributed by atoms with Gasteiger partial charge in [-0.05, 0) is 12.1 Å². The Morgan fingerprint density at radius 3 is 2.92 bits per heavy atom. The summed E-state index contributed by atoms with van der Waals surface area (Å²) in [5.74, 6) is 0. The van der Waals surface area contributed by atoms with Crippen LogP contribution in [0.3, 0.4) is 0 Å². The first-order valence-electron chi connectivity index (χ1n) is 3.52. The fourth-order valence-electron chi connectivity index (χ4n) is 0.819. The molecule has 0 bridgehead atoms. The lowest BCUT2D eigenvalue weighted by molar-refractivity contribution is 0.495. The van der Waals surface area contributed by atoms with E-state index in [4.69, 9.17) is 5.26 Å². The smallest absolute Gasteiger partial charge is 0.142 e. The van der Waals surface area contributed by atoms with Crippen molar-refractivity contribution in [3.05, 3.63) is 24.0 Å². The molecule has 0 saturated carbocycles. The first-order chi connectivity index (χ1) is 5.72. The maximum absolute atomic E-state index is 8.54. The van der Waals surface area contributed by atoms with Crippen LogP contribution in [0.2, 0.25) is 0 Å². The zero-order valence-electron chi connectivity index (χ0n) is 7.07. The Hall–Kier alpha value is -1.60. The van der Waals surface area contributed by atoms with E-state index in [0.29, 0.717) is 5.69 Å². The Balaban J connectivity index is 2.81. The van der Waals surface area contributed by atoms with Crippen LogP contribution in [0.15, 0.2) is 18.3 Å². The first kappa shape index (κ1) is 8.50. The number of rotatable bonds is 2. The molecule has 1 heterocycles. The average Bonchev–Trinajstić information content (AvgIpc) is 2.03. The number of hydrogen-bond donors (Lipinski definition) is 1. The van der Waals surface area contributed by atoms with Gasteiger partial charge < -0.3 is 5.43 Å². The highest BCUT2D eigenvalue weighted by molar-refractivity contribution is 5.44. The summed E-state index contributed by atoms with van der Waals surface area (Å²) in [6.07, 6.45) is 1.60. The molecule has 62 valence electrons. The van der Waals surface area contributed by atoms with E-state index < -0.39 is 0 Å². The van der Waals surface area contributed by atoms with Crippen LogP contribution < -0.4 is 5.43 Å². The molecule has 1 aromatic rings. The van der Waals surface area contributed by atoms with Gasteiger partial charge in [-0.3, -0.25) is 0 Å². The van der Waals surface area contributed by atoms with Crippen LogP contribution in [0.25, 0.3) is 0 Å². The molecular formula is C8H10N4. The van der Waals surface area contributed by atoms with Crippen LogP contribution in [-0.2, 0) is 0 Å². The van der Waals surface area contributed by atoms with Gasteiger partial charge in [-0.1, -0.05) is 0 Å². The molecule has 0 unspecified atom stereocenters. The SMILES string of the molecule is CN(C)Nc1ccnc(C#N)c1. The van der Waals surface area contributed by atoms with Crippen molar-refractivity contribution in [3.63, 3.8) is 0 Å². The fourth-order valence-corrected chi connectivity index (χ4v) is 0.819. The number of nitrogens with one attached hydrogen (secondary N) is 1. The van der Waals surface area contributed by atoms with Crippen molar-refractivity contribution in [1.29, 1.82) is 5.26 Å². The van der Waals surface area contributed by atoms with Gasteiger partial charge in [-0.2, -0.15) is 5.26 Å². The van der Waals surface area contributed by atoms with E-state index in [-0.39, 0.29) is 0 Å². The molecule has 0 fully saturated rings. The molecule has 0 aromatic carbocycles. The predicted molar refractivity (Wildman–Crippen MR) is 46.3 cm³/mol. The lowest BCUT2D eigenvalue weighted by Gasteiger charge is -2.12. The predicted octanol–water partition coefficient (Wildman–Crippen LogP) is 0.842. The molecule has 0 aliphatic carbocycles. The lowest BCUT2D eigenvalue weighted by Crippen LogP contribution is -2.19. The van der Waals surface area contributed by atoms with Crippen LogP contribution >= 0.6 is 0 Å². The highest BCUT2D eigenvalue weighted by Crippen LogP contribution is 2.06. The second-order valence-corrected chi connectivity index (χ2v) is 2.55. The quantitative estimate of drug-likeness (QED) is 0.655. The van der Waals surface area contributed by atoms with Gasteiger partial charge >= 0.3 is 0 Å². The molecule has 12 heavy (non-hydrogen) atoms. The molecule has 0 atom stereocenters. The molecule has 0 aliphatic rings. The number of hydrazine groups is 1. The first-order valence-corrected chi connectivity index (χ1v) is 3.52. The standard InChI is InChI=1S/C8H10N4/c1-12(2)11-7-3-4-10-8(5-7)6-9/h3-5H,1-2H3,(H,10,11). The second kappa shape index (κ2) is 3.69. The highest BCUT2D eigenvalue weighted by Gasteiger charge is 1.95. The third-order valence-electron chi connectivity index (χ3n) is 1.23. The van der Waals surface area contributed by atoms with Crippen molar-refractivity contribution in [2.45, 2.75) is 0 Å². The van der Waals surface area contributed by atoms with Crippen LogP contribution in [0.4, 0.5) is 5.69 Å². The molecule has 0 aliphatic heterocycles. The summed E-state index contributed by atoms with van der Waals surface area (Å²) in [7, 11) is 3.76. The minimum Gasteiger partial charge on any atom is -0.319 e. The molecule has 0 amide bonds. The summed E-state index contributed by atoms with van der Waals surface area (Å²) >= 11 is 0. The number of aromatic nitrogens is 1. The van der Waals surface area contributed by atoms with Crippen LogP contribution in [0, 0.1) is 11.3 Å². The molecule has 4 heteroatoms. The average molecular weight is 162 g/mol. The van der Waals surface area contributed by atoms with E-state index in [9.17, 15) is 0 Å². The lowest BCUT2D eigenvalue weighted by atomic mass is 10.3. The van der Waals surface area contributed by atoms with E-state index in [1.165, 1.54) is 0 Å². The number of nitriles is 1. The van der Waals surface area contributed by atoms with Gasteiger partial charge in [0.25, 0.3) is 0 Å². The molecule has 1 rings (SSSR count). The Morgan fingerprint density at radius 2 is 2.33 bits per heavy atom. The Morgan fingerprint density at radius 1 is 1.58 bits per heavy atom. The molecule has 0 spiro atoms. The molecule has 0 saturated heterocycles. The molecule has 0 radical (unpaired) electrons. The molecule has 1 N–H and O–H groups in total. The van der Waals surface area contributed by atoms with E-state index in [2.05, 4.69) is 10.4 Å². The fraction of sp³-hybridized carbons (Fsp3) is 0.250. The van der Waals surface area contributed by atoms with Crippen molar-refractivity contribution < 1.29 is 0 Å². The summed E-state index contributed by atoms with van der Waals surface area (Å²) in [6, 6.07) is 5.47. The molecule has 4 nitrogen and oxygen atoms in total. The van der Waals surface area contributed by atoms with Crippen molar-refractivity contribution in [2.75, 3.05) is 19.5 Å². The van der Waals surface area contributed by atoms with E-state index >= 15 is 0 Å². The topological polar surface area (TPSA) is 52.0 Å². The van der Waals surface area contributed by atoms with E-state index in [1.807, 2.05) is 20.2 Å². The summed E-state index contributed by atoms with van der Waals surface area (Å²) < 4.78 is 0. The van der Waals surface area contributed by atoms with Gasteiger partial charge in [0.2, 0.25) is 0 Å². The normalized spacial score (nSPS) is 9.50. The van der Waals surface area contributed by atoms with Gasteiger partial charge in [-0.15, -0.1) is 0 Å². The maximum atomic E-state index is 8.54. The minimum atomic E-state index is 0.418. The summed E-state index contributed by atoms with van der Waals surface area (Å²) in [4.78, 5) is 3.85. The van der Waals surface area contributed by atoms with Gasteiger partial charge in [0.05, 0.1) is 5.69 Å². The van der Waals surface area contributed by atoms with Crippen molar-refractivity contribution in [1.82, 2.24) is 9.99 Å².